The van der Waals surface area contributed by atoms with Gasteiger partial charge in [0.25, 0.3) is 0 Å². The number of nitrogens with zero attached hydrogens (tertiary/aromatic N) is 1. The molecule has 1 aliphatic rings. The van der Waals surface area contributed by atoms with E-state index in [1.54, 1.807) is 6.20 Å². The summed E-state index contributed by atoms with van der Waals surface area (Å²) in [4.78, 5) is 13.7. The minimum absolute atomic E-state index is 0.228. The molecular weight excluding hydrogens is 244 g/mol. The zero-order valence-corrected chi connectivity index (χ0v) is 9.98. The molecule has 2 rings (SSSR count). The third-order valence-electron chi connectivity index (χ3n) is 3.01. The predicted octanol–water partition coefficient (Wildman–Crippen LogP) is 0.500. The van der Waals surface area contributed by atoms with Gasteiger partial charge >= 0.3 is 5.97 Å². The summed E-state index contributed by atoms with van der Waals surface area (Å²) in [6, 6.07) is 1.50. The Hall–Kier alpha value is -1.34. The van der Waals surface area contributed by atoms with Gasteiger partial charge in [-0.3, -0.25) is 4.79 Å². The number of hydrogen-bond acceptors (Lipinski definition) is 3. The van der Waals surface area contributed by atoms with Crippen LogP contribution in [-0.4, -0.2) is 41.9 Å². The SMILES string of the molecule is O=C(O)C1CCN(S(=O)(=O)c2cc[nH]c2)CC1. The van der Waals surface area contributed by atoms with E-state index in [9.17, 15) is 13.2 Å². The first kappa shape index (κ1) is 12.1. The van der Waals surface area contributed by atoms with E-state index in [0.717, 1.165) is 0 Å². The van der Waals surface area contributed by atoms with Gasteiger partial charge in [0.05, 0.1) is 10.8 Å². The van der Waals surface area contributed by atoms with Crippen LogP contribution in [0.2, 0.25) is 0 Å². The maximum atomic E-state index is 12.1. The zero-order chi connectivity index (χ0) is 12.5. The van der Waals surface area contributed by atoms with Crippen molar-refractivity contribution in [1.29, 1.82) is 0 Å². The molecule has 1 aliphatic heterocycles. The number of aliphatic carboxylic acids is 1. The Morgan fingerprint density at radius 2 is 2.06 bits per heavy atom. The Morgan fingerprint density at radius 3 is 2.53 bits per heavy atom. The van der Waals surface area contributed by atoms with Crippen molar-refractivity contribution in [2.45, 2.75) is 17.7 Å². The topological polar surface area (TPSA) is 90.5 Å². The number of aromatic amines is 1. The monoisotopic (exact) mass is 258 g/mol. The molecule has 2 N–H and O–H groups in total. The summed E-state index contributed by atoms with van der Waals surface area (Å²) in [5.41, 5.74) is 0. The summed E-state index contributed by atoms with van der Waals surface area (Å²) in [7, 11) is -3.46. The summed E-state index contributed by atoms with van der Waals surface area (Å²) in [6.07, 6.45) is 3.73. The summed E-state index contributed by atoms with van der Waals surface area (Å²) >= 11 is 0. The van der Waals surface area contributed by atoms with Crippen molar-refractivity contribution in [3.63, 3.8) is 0 Å². The molecule has 1 aromatic heterocycles. The number of aromatic nitrogens is 1. The molecule has 2 heterocycles. The molecule has 0 amide bonds. The van der Waals surface area contributed by atoms with Gasteiger partial charge in [-0.1, -0.05) is 0 Å². The average Bonchev–Trinajstić information content (AvgIpc) is 2.83. The number of H-pyrrole nitrogens is 1. The van der Waals surface area contributed by atoms with E-state index in [-0.39, 0.29) is 18.0 Å². The summed E-state index contributed by atoms with van der Waals surface area (Å²) in [5.74, 6) is -1.27. The lowest BCUT2D eigenvalue weighted by atomic mass is 9.99. The van der Waals surface area contributed by atoms with E-state index in [0.29, 0.717) is 12.8 Å². The maximum absolute atomic E-state index is 12.1. The highest BCUT2D eigenvalue weighted by molar-refractivity contribution is 7.89. The van der Waals surface area contributed by atoms with Crippen LogP contribution in [0.4, 0.5) is 0 Å². The molecule has 0 unspecified atom stereocenters. The van der Waals surface area contributed by atoms with Gasteiger partial charge in [0, 0.05) is 25.5 Å². The number of sulfonamides is 1. The second-order valence-corrected chi connectivity index (χ2v) is 6.00. The summed E-state index contributed by atoms with van der Waals surface area (Å²) in [6.45, 7) is 0.537. The molecule has 0 atom stereocenters. The Morgan fingerprint density at radius 1 is 1.41 bits per heavy atom. The number of nitrogens with one attached hydrogen (secondary N) is 1. The fourth-order valence-corrected chi connectivity index (χ4v) is 3.41. The lowest BCUT2D eigenvalue weighted by Gasteiger charge is -2.28. The van der Waals surface area contributed by atoms with Gasteiger partial charge in [0.15, 0.2) is 0 Å². The Kier molecular flexibility index (Phi) is 3.21. The van der Waals surface area contributed by atoms with Crippen molar-refractivity contribution in [3.8, 4) is 0 Å². The van der Waals surface area contributed by atoms with E-state index < -0.39 is 21.9 Å². The van der Waals surface area contributed by atoms with Crippen LogP contribution in [0.15, 0.2) is 23.4 Å². The average molecular weight is 258 g/mol. The Balaban J connectivity index is 2.09. The third kappa shape index (κ3) is 2.34. The van der Waals surface area contributed by atoms with Crippen LogP contribution in [0.5, 0.6) is 0 Å². The normalized spacial score (nSPS) is 19.3. The van der Waals surface area contributed by atoms with Gasteiger partial charge in [0.1, 0.15) is 0 Å². The molecule has 1 aromatic rings. The maximum Gasteiger partial charge on any atom is 0.306 e. The van der Waals surface area contributed by atoms with Crippen molar-refractivity contribution >= 4 is 16.0 Å². The van der Waals surface area contributed by atoms with E-state index >= 15 is 0 Å². The van der Waals surface area contributed by atoms with Gasteiger partial charge in [0.2, 0.25) is 10.0 Å². The van der Waals surface area contributed by atoms with Crippen LogP contribution in [0.3, 0.4) is 0 Å². The second kappa shape index (κ2) is 4.50. The minimum Gasteiger partial charge on any atom is -0.481 e. The molecule has 0 spiro atoms. The van der Waals surface area contributed by atoms with Gasteiger partial charge in [-0.2, -0.15) is 4.31 Å². The Labute approximate surface area is 99.3 Å². The van der Waals surface area contributed by atoms with Crippen LogP contribution >= 0.6 is 0 Å². The van der Waals surface area contributed by atoms with Crippen LogP contribution in [-0.2, 0) is 14.8 Å². The van der Waals surface area contributed by atoms with Crippen LogP contribution in [0, 0.1) is 5.92 Å². The van der Waals surface area contributed by atoms with Crippen molar-refractivity contribution in [1.82, 2.24) is 9.29 Å². The fraction of sp³-hybridized carbons (Fsp3) is 0.500. The highest BCUT2D eigenvalue weighted by atomic mass is 32.2. The Bertz CT molecular complexity index is 486. The first-order valence-corrected chi connectivity index (χ1v) is 6.81. The number of carbonyl (C=O) groups is 1. The van der Waals surface area contributed by atoms with E-state index in [1.165, 1.54) is 16.6 Å². The number of carboxylic acids is 1. The number of piperidine rings is 1. The van der Waals surface area contributed by atoms with E-state index in [2.05, 4.69) is 4.98 Å². The number of hydrogen-bond donors (Lipinski definition) is 2. The minimum atomic E-state index is -3.46. The highest BCUT2D eigenvalue weighted by Gasteiger charge is 2.31. The molecule has 0 aliphatic carbocycles. The van der Waals surface area contributed by atoms with Gasteiger partial charge < -0.3 is 10.1 Å². The highest BCUT2D eigenvalue weighted by Crippen LogP contribution is 2.23. The number of rotatable bonds is 3. The molecule has 1 fully saturated rings. The van der Waals surface area contributed by atoms with Crippen molar-refractivity contribution in [2.75, 3.05) is 13.1 Å². The summed E-state index contributed by atoms with van der Waals surface area (Å²) < 4.78 is 25.5. The van der Waals surface area contributed by atoms with Crippen LogP contribution < -0.4 is 0 Å². The lowest BCUT2D eigenvalue weighted by molar-refractivity contribution is -0.142. The first-order chi connectivity index (χ1) is 8.01. The smallest absolute Gasteiger partial charge is 0.306 e. The molecule has 7 heteroatoms. The van der Waals surface area contributed by atoms with Crippen molar-refractivity contribution < 1.29 is 18.3 Å². The molecule has 6 nitrogen and oxygen atoms in total. The molecule has 17 heavy (non-hydrogen) atoms. The predicted molar refractivity (Wildman–Crippen MR) is 59.9 cm³/mol. The lowest BCUT2D eigenvalue weighted by Crippen LogP contribution is -2.40. The standard InChI is InChI=1S/C10H14N2O4S/c13-10(14)8-2-5-12(6-3-8)17(15,16)9-1-4-11-7-9/h1,4,7-8,11H,2-3,5-6H2,(H,13,14). The van der Waals surface area contributed by atoms with Crippen LogP contribution in [0.25, 0.3) is 0 Å². The van der Waals surface area contributed by atoms with Crippen LogP contribution in [0.1, 0.15) is 12.8 Å². The third-order valence-corrected chi connectivity index (χ3v) is 4.90. The largest absolute Gasteiger partial charge is 0.481 e. The van der Waals surface area contributed by atoms with Gasteiger partial charge in [-0.05, 0) is 18.9 Å². The quantitative estimate of drug-likeness (QED) is 0.826. The second-order valence-electron chi connectivity index (χ2n) is 4.06. The van der Waals surface area contributed by atoms with Crippen molar-refractivity contribution in [3.05, 3.63) is 18.5 Å². The first-order valence-electron chi connectivity index (χ1n) is 5.37. The molecule has 94 valence electrons. The molecular formula is C10H14N2O4S. The van der Waals surface area contributed by atoms with E-state index in [4.69, 9.17) is 5.11 Å². The molecule has 1 saturated heterocycles. The zero-order valence-electron chi connectivity index (χ0n) is 9.17. The van der Waals surface area contributed by atoms with Gasteiger partial charge in [-0.15, -0.1) is 0 Å². The van der Waals surface area contributed by atoms with Gasteiger partial charge in [-0.25, -0.2) is 8.42 Å². The van der Waals surface area contributed by atoms with E-state index in [1.807, 2.05) is 0 Å². The fourth-order valence-electron chi connectivity index (χ4n) is 1.96. The molecule has 0 saturated carbocycles. The molecule has 0 bridgehead atoms. The molecule has 0 radical (unpaired) electrons. The number of carboxylic acid groups (broad SMARTS) is 1. The molecule has 0 aromatic carbocycles. The van der Waals surface area contributed by atoms with Crippen molar-refractivity contribution in [2.24, 2.45) is 5.92 Å². The summed E-state index contributed by atoms with van der Waals surface area (Å²) in [5, 5.41) is 8.84.